The molecule has 0 saturated heterocycles. The number of allylic oxidation sites excluding steroid dienone is 1. The second-order valence-electron chi connectivity index (χ2n) is 8.13. The van der Waals surface area contributed by atoms with Gasteiger partial charge in [-0.1, -0.05) is 18.2 Å². The first-order valence-electron chi connectivity index (χ1n) is 10.9. The first-order valence-corrected chi connectivity index (χ1v) is 10.9. The molecule has 0 aliphatic carbocycles. The number of nitrogens with zero attached hydrogens (tertiary/aromatic N) is 2. The number of H-pyrrole nitrogens is 2. The van der Waals surface area contributed by atoms with E-state index in [-0.39, 0.29) is 17.6 Å². The van der Waals surface area contributed by atoms with Crippen LogP contribution in [0.3, 0.4) is 0 Å². The Balaban J connectivity index is 1.63. The van der Waals surface area contributed by atoms with Crippen molar-refractivity contribution in [2.75, 3.05) is 25.6 Å². The van der Waals surface area contributed by atoms with Crippen molar-refractivity contribution in [1.82, 2.24) is 25.3 Å². The Kier molecular flexibility index (Phi) is 4.72. The molecule has 0 saturated carbocycles. The summed E-state index contributed by atoms with van der Waals surface area (Å²) >= 11 is 0. The topological polar surface area (TPSA) is 117 Å². The molecule has 1 atom stereocenters. The lowest BCUT2D eigenvalue weighted by molar-refractivity contribution is 0.0941. The Morgan fingerprint density at radius 2 is 2.15 bits per heavy atom. The molecule has 10 heteroatoms. The highest BCUT2D eigenvalue weighted by Crippen LogP contribution is 2.43. The molecule has 1 aromatic carbocycles. The Hall–Kier alpha value is -4.34. The van der Waals surface area contributed by atoms with E-state index in [0.29, 0.717) is 59.4 Å². The second kappa shape index (κ2) is 7.91. The monoisotopic (exact) mass is 460 g/mol. The van der Waals surface area contributed by atoms with Crippen LogP contribution in [0.15, 0.2) is 42.6 Å². The number of halogens is 1. The summed E-state index contributed by atoms with van der Waals surface area (Å²) < 4.78 is 25.5. The van der Waals surface area contributed by atoms with Crippen molar-refractivity contribution in [3.05, 3.63) is 59.7 Å². The molecule has 6 rings (SSSR count). The fourth-order valence-corrected chi connectivity index (χ4v) is 4.57. The van der Waals surface area contributed by atoms with Gasteiger partial charge in [-0.25, -0.2) is 9.37 Å². The molecule has 4 aromatic rings. The highest BCUT2D eigenvalue weighted by molar-refractivity contribution is 6.08. The number of methoxy groups -OCH3 is 1. The van der Waals surface area contributed by atoms with Gasteiger partial charge < -0.3 is 30.1 Å². The average Bonchev–Trinajstić information content (AvgIpc) is 3.42. The molecule has 172 valence electrons. The molecular formula is C24H21FN6O3. The minimum Gasteiger partial charge on any atom is -0.492 e. The first kappa shape index (κ1) is 20.3. The van der Waals surface area contributed by atoms with Crippen molar-refractivity contribution < 1.29 is 18.7 Å². The van der Waals surface area contributed by atoms with Crippen LogP contribution in [0.2, 0.25) is 0 Å². The van der Waals surface area contributed by atoms with E-state index in [4.69, 9.17) is 9.47 Å². The summed E-state index contributed by atoms with van der Waals surface area (Å²) in [6.07, 6.45) is 6.31. The summed E-state index contributed by atoms with van der Waals surface area (Å²) in [5, 5.41) is 6.26. The highest BCUT2D eigenvalue weighted by atomic mass is 19.1. The van der Waals surface area contributed by atoms with Crippen LogP contribution in [0.25, 0.3) is 22.4 Å². The van der Waals surface area contributed by atoms with Gasteiger partial charge in [-0.3, -0.25) is 4.79 Å². The zero-order valence-corrected chi connectivity index (χ0v) is 18.2. The maximum absolute atomic E-state index is 14.4. The van der Waals surface area contributed by atoms with Crippen LogP contribution in [0.5, 0.6) is 11.8 Å². The van der Waals surface area contributed by atoms with E-state index < -0.39 is 5.82 Å². The van der Waals surface area contributed by atoms with E-state index in [0.717, 1.165) is 11.3 Å². The number of fused-ring (bicyclic) bond motifs is 3. The number of pyridine rings is 1. The lowest BCUT2D eigenvalue weighted by atomic mass is 9.93. The average molecular weight is 460 g/mol. The Labute approximate surface area is 193 Å². The smallest absolute Gasteiger partial charge is 0.296 e. The number of nitrogens with one attached hydrogen (secondary N) is 4. The molecular weight excluding hydrogens is 439 g/mol. The van der Waals surface area contributed by atoms with E-state index in [2.05, 4.69) is 30.6 Å². The molecule has 9 nitrogen and oxygen atoms in total. The zero-order chi connectivity index (χ0) is 23.2. The maximum atomic E-state index is 14.4. The summed E-state index contributed by atoms with van der Waals surface area (Å²) in [5.41, 5.74) is 4.77. The minimum atomic E-state index is -0.505. The molecule has 34 heavy (non-hydrogen) atoms. The number of carbonyl (C=O) groups excluding carboxylic acids is 1. The third kappa shape index (κ3) is 3.18. The third-order valence-electron chi connectivity index (χ3n) is 6.15. The lowest BCUT2D eigenvalue weighted by Crippen LogP contribution is -2.34. The highest BCUT2D eigenvalue weighted by Gasteiger charge is 2.33. The molecule has 0 unspecified atom stereocenters. The number of rotatable bonds is 3. The van der Waals surface area contributed by atoms with Gasteiger partial charge in [0.15, 0.2) is 17.2 Å². The van der Waals surface area contributed by atoms with Crippen molar-refractivity contribution in [3.8, 4) is 23.0 Å². The quantitative estimate of drug-likeness (QED) is 0.343. The number of hydrogen-bond acceptors (Lipinski definition) is 6. The summed E-state index contributed by atoms with van der Waals surface area (Å²) in [5.74, 6) is -0.621. The van der Waals surface area contributed by atoms with Gasteiger partial charge in [0.05, 0.1) is 35.3 Å². The Bertz CT molecular complexity index is 1460. The van der Waals surface area contributed by atoms with E-state index in [9.17, 15) is 9.18 Å². The Morgan fingerprint density at radius 1 is 1.24 bits per heavy atom. The SMILES string of the molecule is COc1c(F)cccc1Nc1c2[nH]c3c1C(=O)NC[C@H]3C/C=C/COc1nc3nccc-2c3[nH]1. The number of anilines is 2. The second-order valence-corrected chi connectivity index (χ2v) is 8.13. The van der Waals surface area contributed by atoms with Crippen LogP contribution in [-0.2, 0) is 0 Å². The van der Waals surface area contributed by atoms with Crippen LogP contribution >= 0.6 is 0 Å². The van der Waals surface area contributed by atoms with E-state index in [1.54, 1.807) is 18.3 Å². The molecule has 4 N–H and O–H groups in total. The van der Waals surface area contributed by atoms with Gasteiger partial charge in [0.2, 0.25) is 0 Å². The van der Waals surface area contributed by atoms with E-state index in [1.807, 2.05) is 18.2 Å². The molecule has 0 radical (unpaired) electrons. The molecule has 0 fully saturated rings. The normalized spacial score (nSPS) is 17.8. The number of aromatic nitrogens is 4. The van der Waals surface area contributed by atoms with Crippen molar-refractivity contribution in [2.45, 2.75) is 12.3 Å². The number of benzene rings is 1. The molecule has 4 bridgehead atoms. The van der Waals surface area contributed by atoms with Gasteiger partial charge in [0.1, 0.15) is 6.61 Å². The summed E-state index contributed by atoms with van der Waals surface area (Å²) in [4.78, 5) is 28.6. The number of hydrogen-bond donors (Lipinski definition) is 4. The van der Waals surface area contributed by atoms with Gasteiger partial charge in [0.25, 0.3) is 11.9 Å². The number of para-hydroxylation sites is 1. The van der Waals surface area contributed by atoms with E-state index in [1.165, 1.54) is 13.2 Å². The molecule has 3 aromatic heterocycles. The molecule has 0 spiro atoms. The van der Waals surface area contributed by atoms with Gasteiger partial charge in [-0.15, -0.1) is 0 Å². The number of imidazole rings is 1. The van der Waals surface area contributed by atoms with Crippen molar-refractivity contribution in [2.24, 2.45) is 0 Å². The van der Waals surface area contributed by atoms with Gasteiger partial charge in [-0.2, -0.15) is 4.98 Å². The molecule has 1 amide bonds. The fourth-order valence-electron chi connectivity index (χ4n) is 4.57. The summed E-state index contributed by atoms with van der Waals surface area (Å²) in [7, 11) is 1.41. The zero-order valence-electron chi connectivity index (χ0n) is 18.2. The van der Waals surface area contributed by atoms with Crippen LogP contribution < -0.4 is 20.1 Å². The van der Waals surface area contributed by atoms with Gasteiger partial charge in [0, 0.05) is 29.9 Å². The van der Waals surface area contributed by atoms with Crippen LogP contribution in [0.1, 0.15) is 28.4 Å². The van der Waals surface area contributed by atoms with Crippen LogP contribution in [0, 0.1) is 5.82 Å². The predicted octanol–water partition coefficient (Wildman–Crippen LogP) is 4.01. The van der Waals surface area contributed by atoms with Crippen LogP contribution in [-0.4, -0.2) is 46.1 Å². The minimum absolute atomic E-state index is 0.0298. The standard InChI is InChI=1S/C24H21FN6O3/c1-33-21-14(25)6-4-7-15(21)28-20-16-17-12(11-27-23(16)32)5-2-3-10-34-24-30-19-13(18(20)29-17)8-9-26-22(19)31-24/h2-4,6-9,12,28-29H,5,10-11H2,1H3,(H,27,32)(H,26,30,31)/b3-2+/t12-/m1/s1. The van der Waals surface area contributed by atoms with Crippen LogP contribution in [0.4, 0.5) is 15.8 Å². The molecule has 2 aliphatic rings. The van der Waals surface area contributed by atoms with Gasteiger partial charge in [-0.05, 0) is 24.6 Å². The van der Waals surface area contributed by atoms with Crippen molar-refractivity contribution in [3.63, 3.8) is 0 Å². The summed E-state index contributed by atoms with van der Waals surface area (Å²) in [6.45, 7) is 0.863. The number of aromatic amines is 2. The van der Waals surface area contributed by atoms with Crippen molar-refractivity contribution >= 4 is 28.4 Å². The van der Waals surface area contributed by atoms with Gasteiger partial charge >= 0.3 is 0 Å². The largest absolute Gasteiger partial charge is 0.492 e. The number of carbonyl (C=O) groups is 1. The third-order valence-corrected chi connectivity index (χ3v) is 6.15. The molecule has 2 aliphatic heterocycles. The van der Waals surface area contributed by atoms with Crippen molar-refractivity contribution in [1.29, 1.82) is 0 Å². The predicted molar refractivity (Wildman–Crippen MR) is 124 cm³/mol. The molecule has 5 heterocycles. The lowest BCUT2D eigenvalue weighted by Gasteiger charge is -2.23. The summed E-state index contributed by atoms with van der Waals surface area (Å²) in [6, 6.07) is 6.80. The first-order chi connectivity index (χ1) is 16.6. The van der Waals surface area contributed by atoms with E-state index >= 15 is 0 Å². The maximum Gasteiger partial charge on any atom is 0.296 e. The number of ether oxygens (including phenoxy) is 2. The fraction of sp³-hybridized carbons (Fsp3) is 0.208. The Morgan fingerprint density at radius 3 is 3.03 bits per heavy atom. The number of amides is 1.